The van der Waals surface area contributed by atoms with Crippen molar-refractivity contribution in [1.29, 1.82) is 0 Å². The Morgan fingerprint density at radius 2 is 0.735 bits per heavy atom. The van der Waals surface area contributed by atoms with Crippen molar-refractivity contribution in [2.24, 2.45) is 26.9 Å². The van der Waals surface area contributed by atoms with E-state index in [1.54, 1.807) is 0 Å². The lowest BCUT2D eigenvalue weighted by molar-refractivity contribution is -0.890. The first-order valence-electron chi connectivity index (χ1n) is 36.7. The Hall–Kier alpha value is -9.49. The number of nitrogen functional groups attached to an aromatic ring is 6. The van der Waals surface area contributed by atoms with Crippen LogP contribution in [-0.2, 0) is 21.1 Å². The molecule has 0 unspecified atom stereocenters. The van der Waals surface area contributed by atoms with Crippen LogP contribution >= 0.6 is 0 Å². The van der Waals surface area contributed by atoms with Crippen LogP contribution in [0.25, 0.3) is 98.8 Å². The molecule has 1 aliphatic rings. The van der Waals surface area contributed by atoms with E-state index in [2.05, 4.69) is 219 Å². The van der Waals surface area contributed by atoms with Crippen molar-refractivity contribution in [2.45, 2.75) is 59.3 Å². The van der Waals surface area contributed by atoms with E-state index in [4.69, 9.17) is 40.1 Å². The van der Waals surface area contributed by atoms with Crippen molar-refractivity contribution >= 4 is 99.2 Å². The molecule has 3 aromatic heterocycles. The van der Waals surface area contributed by atoms with Gasteiger partial charge in [-0.25, -0.2) is 0 Å². The van der Waals surface area contributed by atoms with E-state index in [1.807, 2.05) is 91.0 Å². The smallest absolute Gasteiger partial charge is 0.220 e. The van der Waals surface area contributed by atoms with E-state index < -0.39 is 0 Å². The summed E-state index contributed by atoms with van der Waals surface area (Å²) in [5.74, 6) is 0. The maximum atomic E-state index is 6.06. The Bertz CT molecular complexity index is 4180. The predicted molar refractivity (Wildman–Crippen MR) is 440 cm³/mol. The Balaban J connectivity index is 0.000000161. The van der Waals surface area contributed by atoms with Crippen molar-refractivity contribution in [3.8, 4) is 33.8 Å². The number of anilines is 6. The summed E-state index contributed by atoms with van der Waals surface area (Å²) in [5, 5.41) is 20.5. The molecule has 12 aromatic rings. The van der Waals surface area contributed by atoms with Gasteiger partial charge in [0.05, 0.1) is 59.5 Å². The van der Waals surface area contributed by atoms with E-state index in [1.165, 1.54) is 123 Å². The summed E-state index contributed by atoms with van der Waals surface area (Å²) in [6, 6.07) is 67.6. The van der Waals surface area contributed by atoms with Crippen molar-refractivity contribution < 1.29 is 18.2 Å². The Labute approximate surface area is 607 Å². The van der Waals surface area contributed by atoms with Gasteiger partial charge in [0.2, 0.25) is 33.6 Å². The zero-order valence-corrected chi connectivity index (χ0v) is 62.7. The molecule has 17 N–H and O–H groups in total. The van der Waals surface area contributed by atoms with Crippen LogP contribution in [-0.4, -0.2) is 128 Å². The van der Waals surface area contributed by atoms with Gasteiger partial charge in [-0.3, -0.25) is 0 Å². The Morgan fingerprint density at radius 1 is 0.402 bits per heavy atom. The molecule has 0 amide bonds. The zero-order valence-electron chi connectivity index (χ0n) is 62.7. The summed E-state index contributed by atoms with van der Waals surface area (Å²) in [4.78, 5) is 4.80. The van der Waals surface area contributed by atoms with E-state index >= 15 is 0 Å². The number of likely N-dealkylation sites (N-methyl/N-ethyl adjacent to an activating group) is 2. The molecule has 0 saturated carbocycles. The van der Waals surface area contributed by atoms with Gasteiger partial charge in [-0.1, -0.05) is 113 Å². The molecule has 0 bridgehead atoms. The number of hydrogen-bond acceptors (Lipinski definition) is 12. The first kappa shape index (κ1) is 78.2. The highest BCUT2D eigenvalue weighted by Gasteiger charge is 2.24. The average molecular weight is 1380 g/mol. The van der Waals surface area contributed by atoms with Crippen LogP contribution in [0.1, 0.15) is 59.3 Å². The maximum absolute atomic E-state index is 6.06. The number of hydrogen-bond donors (Lipinski definition) is 10. The Kier molecular flexibility index (Phi) is 30.0. The van der Waals surface area contributed by atoms with Gasteiger partial charge in [0.15, 0.2) is 0 Å². The molecule has 9 aromatic carbocycles. The topological polar surface area (TPSA) is 236 Å². The van der Waals surface area contributed by atoms with Gasteiger partial charge < -0.3 is 70.4 Å². The lowest BCUT2D eigenvalue weighted by Gasteiger charge is -2.30. The number of piperazine rings is 1. The molecule has 102 heavy (non-hydrogen) atoms. The number of nitrogens with two attached hydrogens (primary N) is 7. The third kappa shape index (κ3) is 21.5. The van der Waals surface area contributed by atoms with Crippen LogP contribution in [0.2, 0.25) is 0 Å². The van der Waals surface area contributed by atoms with E-state index in [0.29, 0.717) is 0 Å². The van der Waals surface area contributed by atoms with Gasteiger partial charge in [-0.05, 0) is 156 Å². The molecule has 4 heterocycles. The summed E-state index contributed by atoms with van der Waals surface area (Å²) in [6.07, 6.45) is 7.88. The second kappa shape index (κ2) is 39.1. The van der Waals surface area contributed by atoms with Crippen LogP contribution < -0.4 is 69.8 Å². The van der Waals surface area contributed by atoms with Crippen LogP contribution in [0.3, 0.4) is 0 Å². The van der Waals surface area contributed by atoms with E-state index in [-0.39, 0.29) is 0 Å². The summed E-state index contributed by atoms with van der Waals surface area (Å²) in [7, 11) is 15.1. The number of fused-ring (bicyclic) bond motifs is 9. The standard InChI is InChI=1S/3C20H17N3.C10H25N2.C8H21N3.C8H18N2/c3*1-23-19-12-15(22)8-10-17(19)16-9-7-14(21)11-18(16)20(23)13-5-3-2-4-6-13;1-6-7-9-12(4,5)10-8-11(2)3;1-2-3-5-10-7-8-11-6-4-9;1-2-3-6-10-7-4-9-5-8-10/h3*2-12,22H,21H2,1H3;6-10H2,1-5H3;10-11H,2-9H2,1H3;9H,2-8H2,1H3/q;;;+1;;/p+3. The SMILES string of the molecule is CCCCN1CCNCC1.CCCCNCCNCCN.CCCC[N+](C)(C)CCN(C)C.C[n+]1c(-c2ccccc2)c2cc(N)ccc2c2ccc(N)cc21.C[n+]1c(-c2ccccc2)c2cc(N)ccc2c2ccc(N)cc21.C[n+]1c(-c2ccccc2)c2cc(N)ccc2c2ccc(N)cc21. The van der Waals surface area contributed by atoms with Crippen LogP contribution in [0, 0.1) is 0 Å². The third-order valence-corrected chi connectivity index (χ3v) is 18.9. The minimum atomic E-state index is 0.731. The average Bonchev–Trinajstić information content (AvgIpc) is 0.761. The number of benzene rings is 9. The molecule has 16 nitrogen and oxygen atoms in total. The number of nitrogens with zero attached hydrogens (tertiary/aromatic N) is 6. The van der Waals surface area contributed by atoms with Gasteiger partial charge in [0.1, 0.15) is 21.1 Å². The van der Waals surface area contributed by atoms with Crippen molar-refractivity contribution in [3.63, 3.8) is 0 Å². The second-order valence-electron chi connectivity index (χ2n) is 27.7. The molecule has 1 saturated heterocycles. The summed E-state index contributed by atoms with van der Waals surface area (Å²) < 4.78 is 7.75. The zero-order chi connectivity index (χ0) is 73.1. The molecule has 1 aliphatic heterocycles. The maximum Gasteiger partial charge on any atom is 0.220 e. The summed E-state index contributed by atoms with van der Waals surface area (Å²) in [5.41, 5.74) is 56.4. The van der Waals surface area contributed by atoms with Gasteiger partial charge >= 0.3 is 0 Å². The largest absolute Gasteiger partial charge is 0.399 e. The highest BCUT2D eigenvalue weighted by molar-refractivity contribution is 6.12. The van der Waals surface area contributed by atoms with Gasteiger partial charge in [0, 0.05) is 144 Å². The van der Waals surface area contributed by atoms with Crippen LogP contribution in [0.5, 0.6) is 0 Å². The Morgan fingerprint density at radius 3 is 1.07 bits per heavy atom. The van der Waals surface area contributed by atoms with Crippen molar-refractivity contribution in [3.05, 3.63) is 200 Å². The highest BCUT2D eigenvalue weighted by Crippen LogP contribution is 2.36. The van der Waals surface area contributed by atoms with Crippen molar-refractivity contribution in [1.82, 2.24) is 25.8 Å². The molecule has 0 aliphatic carbocycles. The van der Waals surface area contributed by atoms with Crippen molar-refractivity contribution in [2.75, 3.05) is 148 Å². The first-order valence-corrected chi connectivity index (χ1v) is 36.7. The number of unbranched alkanes of at least 4 members (excludes halogenated alkanes) is 3. The van der Waals surface area contributed by atoms with Gasteiger partial charge in [0.25, 0.3) is 0 Å². The quantitative estimate of drug-likeness (QED) is 0.0113. The fraction of sp³-hybridized carbons (Fsp3) is 0.337. The molecule has 0 atom stereocenters. The summed E-state index contributed by atoms with van der Waals surface area (Å²) >= 11 is 0. The molecule has 13 rings (SSSR count). The number of quaternary nitrogens is 1. The monoisotopic (exact) mass is 1370 g/mol. The molecular formula is C86H118N16+4. The summed E-state index contributed by atoms with van der Waals surface area (Å²) in [6.45, 7) is 21.5. The fourth-order valence-electron chi connectivity index (χ4n) is 13.2. The minimum Gasteiger partial charge on any atom is -0.399 e. The number of aryl methyl sites for hydroxylation is 3. The fourth-order valence-corrected chi connectivity index (χ4v) is 13.2. The molecule has 0 radical (unpaired) electrons. The highest BCUT2D eigenvalue weighted by atomic mass is 15.3. The first-order chi connectivity index (χ1) is 49.3. The number of pyridine rings is 3. The van der Waals surface area contributed by atoms with Crippen LogP contribution in [0.4, 0.5) is 34.1 Å². The van der Waals surface area contributed by atoms with Crippen LogP contribution in [0.15, 0.2) is 200 Å². The molecule has 1 fully saturated rings. The van der Waals surface area contributed by atoms with Gasteiger partial charge in [-0.2, -0.15) is 13.7 Å². The lowest BCUT2D eigenvalue weighted by Crippen LogP contribution is -2.44. The predicted octanol–water partition coefficient (Wildman–Crippen LogP) is 13.0. The molecule has 0 spiro atoms. The molecule has 16 heteroatoms. The number of aromatic nitrogens is 3. The lowest BCUT2D eigenvalue weighted by atomic mass is 9.98. The molecule has 538 valence electrons. The third-order valence-electron chi connectivity index (χ3n) is 18.9. The van der Waals surface area contributed by atoms with E-state index in [9.17, 15) is 0 Å². The minimum absolute atomic E-state index is 0.731. The number of nitrogens with one attached hydrogen (secondary N) is 3. The number of rotatable bonds is 20. The van der Waals surface area contributed by atoms with Gasteiger partial charge in [-0.15, -0.1) is 0 Å². The van der Waals surface area contributed by atoms with E-state index in [0.717, 1.165) is 138 Å². The normalized spacial score (nSPS) is 12.2. The second-order valence-corrected chi connectivity index (χ2v) is 27.7. The molecular weight excluding hydrogens is 1260 g/mol.